The molecule has 0 spiro atoms. The second-order valence-electron chi connectivity index (χ2n) is 8.03. The van der Waals surface area contributed by atoms with Crippen molar-refractivity contribution in [2.75, 3.05) is 0 Å². The second kappa shape index (κ2) is 11.9. The van der Waals surface area contributed by atoms with Gasteiger partial charge in [0.25, 0.3) is 0 Å². The summed E-state index contributed by atoms with van der Waals surface area (Å²) in [6, 6.07) is 24.0. The predicted octanol–water partition coefficient (Wildman–Crippen LogP) is 6.75. The van der Waals surface area contributed by atoms with Crippen molar-refractivity contribution in [2.45, 2.75) is 47.6 Å². The van der Waals surface area contributed by atoms with Crippen LogP contribution in [0.1, 0.15) is 30.4 Å². The van der Waals surface area contributed by atoms with Gasteiger partial charge in [0.15, 0.2) is 0 Å². The van der Waals surface area contributed by atoms with E-state index in [1.165, 1.54) is 0 Å². The van der Waals surface area contributed by atoms with Crippen LogP contribution in [0.25, 0.3) is 0 Å². The number of benzene rings is 3. The van der Waals surface area contributed by atoms with Gasteiger partial charge in [-0.2, -0.15) is 0 Å². The highest BCUT2D eigenvalue weighted by Gasteiger charge is 2.26. The summed E-state index contributed by atoms with van der Waals surface area (Å²) in [6.07, 6.45) is 3.12. The van der Waals surface area contributed by atoms with Gasteiger partial charge in [0.2, 0.25) is 0 Å². The number of ether oxygens (including phenoxy) is 1. The molecular formula is C27H28ClNO3S. The van der Waals surface area contributed by atoms with Gasteiger partial charge in [-0.15, -0.1) is 6.58 Å². The van der Waals surface area contributed by atoms with Crippen LogP contribution in [0.4, 0.5) is 0 Å². The molecule has 3 rings (SSSR count). The number of carbonyl (C=O) groups is 1. The lowest BCUT2D eigenvalue weighted by atomic mass is 9.86. The van der Waals surface area contributed by atoms with Gasteiger partial charge in [-0.05, 0) is 60.7 Å². The summed E-state index contributed by atoms with van der Waals surface area (Å²) >= 11 is 8.15. The molecule has 33 heavy (non-hydrogen) atoms. The summed E-state index contributed by atoms with van der Waals surface area (Å²) in [5.74, 6) is -0.0984. The van der Waals surface area contributed by atoms with E-state index in [0.29, 0.717) is 30.9 Å². The Morgan fingerprint density at radius 3 is 2.55 bits per heavy atom. The normalized spacial score (nSPS) is 12.7. The van der Waals surface area contributed by atoms with E-state index >= 15 is 0 Å². The van der Waals surface area contributed by atoms with Gasteiger partial charge < -0.3 is 15.6 Å². The van der Waals surface area contributed by atoms with E-state index in [2.05, 4.69) is 6.58 Å². The minimum absolute atomic E-state index is 0.104. The number of aliphatic carboxylic acids is 1. The number of aryl methyl sites for hydroxylation is 1. The highest BCUT2D eigenvalue weighted by Crippen LogP contribution is 2.33. The van der Waals surface area contributed by atoms with Crippen LogP contribution in [0.3, 0.4) is 0 Å². The van der Waals surface area contributed by atoms with E-state index in [0.717, 1.165) is 26.7 Å². The Morgan fingerprint density at radius 1 is 1.09 bits per heavy atom. The molecule has 3 aromatic carbocycles. The molecule has 172 valence electrons. The van der Waals surface area contributed by atoms with Crippen molar-refractivity contribution >= 4 is 29.3 Å². The average Bonchev–Trinajstić information content (AvgIpc) is 2.78. The Morgan fingerprint density at radius 2 is 1.85 bits per heavy atom. The minimum atomic E-state index is -0.910. The number of nitrogens with two attached hydrogens (primary N) is 1. The number of hydrogen-bond donors (Lipinski definition) is 2. The molecule has 1 unspecified atom stereocenters. The first kappa shape index (κ1) is 24.9. The highest BCUT2D eigenvalue weighted by molar-refractivity contribution is 7.99. The number of hydrogen-bond acceptors (Lipinski definition) is 4. The number of halogens is 1. The maximum absolute atomic E-state index is 11.2. The monoisotopic (exact) mass is 481 g/mol. The third kappa shape index (κ3) is 7.97. The predicted molar refractivity (Wildman–Crippen MR) is 135 cm³/mol. The van der Waals surface area contributed by atoms with E-state index in [-0.39, 0.29) is 6.42 Å². The first-order valence-electron chi connectivity index (χ1n) is 10.7. The van der Waals surface area contributed by atoms with Crippen LogP contribution in [0.2, 0.25) is 5.02 Å². The van der Waals surface area contributed by atoms with E-state index in [9.17, 15) is 4.79 Å². The number of carboxylic acids is 1. The minimum Gasteiger partial charge on any atom is -0.489 e. The van der Waals surface area contributed by atoms with Crippen LogP contribution in [0, 0.1) is 0 Å². The van der Waals surface area contributed by atoms with Crippen molar-refractivity contribution < 1.29 is 14.6 Å². The van der Waals surface area contributed by atoms with Crippen LogP contribution in [0.15, 0.2) is 95.2 Å². The Balaban J connectivity index is 1.62. The molecule has 0 aliphatic carbocycles. The third-order valence-corrected chi connectivity index (χ3v) is 6.59. The lowest BCUT2D eigenvalue weighted by Crippen LogP contribution is -2.42. The van der Waals surface area contributed by atoms with Gasteiger partial charge in [-0.3, -0.25) is 4.79 Å². The molecule has 3 aromatic rings. The fourth-order valence-electron chi connectivity index (χ4n) is 3.53. The fraction of sp³-hybridized carbons (Fsp3) is 0.222. The van der Waals surface area contributed by atoms with Gasteiger partial charge in [0.05, 0.1) is 6.42 Å². The van der Waals surface area contributed by atoms with Crippen LogP contribution >= 0.6 is 23.4 Å². The summed E-state index contributed by atoms with van der Waals surface area (Å²) in [6.45, 7) is 4.22. The molecule has 0 saturated carbocycles. The van der Waals surface area contributed by atoms with Gasteiger partial charge in [-0.25, -0.2) is 0 Å². The summed E-state index contributed by atoms with van der Waals surface area (Å²) in [4.78, 5) is 13.2. The largest absolute Gasteiger partial charge is 0.489 e. The van der Waals surface area contributed by atoms with Crippen LogP contribution in [0.5, 0.6) is 5.75 Å². The Hall–Kier alpha value is -2.73. The summed E-state index contributed by atoms with van der Waals surface area (Å²) < 4.78 is 5.92. The van der Waals surface area contributed by atoms with Crippen molar-refractivity contribution in [1.82, 2.24) is 0 Å². The molecule has 0 heterocycles. The molecule has 3 N–H and O–H groups in total. The first-order valence-corrected chi connectivity index (χ1v) is 11.9. The molecule has 4 nitrogen and oxygen atoms in total. The Kier molecular flexibility index (Phi) is 9.01. The third-order valence-electron chi connectivity index (χ3n) is 5.26. The molecule has 0 amide bonds. The molecule has 1 atom stereocenters. The standard InChI is InChI=1S/C27H28ClNO3S/c1-2-14-27(29,18-26(30)31)15-13-21-11-12-24(17-25(21)28)33-23-10-6-9-22(16-23)32-19-20-7-4-3-5-8-20/h2-12,16-17H,1,13-15,18-19,29H2,(H,30,31). The zero-order valence-electron chi connectivity index (χ0n) is 18.4. The maximum atomic E-state index is 11.2. The summed E-state index contributed by atoms with van der Waals surface area (Å²) in [5, 5.41) is 9.81. The van der Waals surface area contributed by atoms with Crippen LogP contribution in [-0.4, -0.2) is 16.6 Å². The lowest BCUT2D eigenvalue weighted by molar-refractivity contribution is -0.138. The average molecular weight is 482 g/mol. The van der Waals surface area contributed by atoms with Crippen molar-refractivity contribution in [3.63, 3.8) is 0 Å². The number of carboxylic acid groups (broad SMARTS) is 1. The first-order chi connectivity index (χ1) is 15.9. The molecule has 0 aliphatic rings. The van der Waals surface area contributed by atoms with Crippen molar-refractivity contribution in [2.24, 2.45) is 5.73 Å². The van der Waals surface area contributed by atoms with Gasteiger partial charge >= 0.3 is 5.97 Å². The van der Waals surface area contributed by atoms with Gasteiger partial charge in [0.1, 0.15) is 12.4 Å². The Labute approximate surface area is 204 Å². The molecule has 0 bridgehead atoms. The quantitative estimate of drug-likeness (QED) is 0.280. The van der Waals surface area contributed by atoms with Crippen molar-refractivity contribution in [3.05, 3.63) is 102 Å². The highest BCUT2D eigenvalue weighted by atomic mass is 35.5. The molecule has 0 aromatic heterocycles. The van der Waals surface area contributed by atoms with Crippen molar-refractivity contribution in [3.8, 4) is 5.75 Å². The van der Waals surface area contributed by atoms with Crippen LogP contribution in [-0.2, 0) is 17.8 Å². The fourth-order valence-corrected chi connectivity index (χ4v) is 4.78. The summed E-state index contributed by atoms with van der Waals surface area (Å²) in [7, 11) is 0. The molecule has 0 fully saturated rings. The van der Waals surface area contributed by atoms with Crippen molar-refractivity contribution in [1.29, 1.82) is 0 Å². The Bertz CT molecular complexity index is 1090. The topological polar surface area (TPSA) is 72.5 Å². The smallest absolute Gasteiger partial charge is 0.305 e. The molecule has 0 aliphatic heterocycles. The lowest BCUT2D eigenvalue weighted by Gasteiger charge is -2.26. The zero-order valence-corrected chi connectivity index (χ0v) is 19.9. The molecule has 0 radical (unpaired) electrons. The SMILES string of the molecule is C=CCC(N)(CCc1ccc(Sc2cccc(OCc3ccccc3)c2)cc1Cl)CC(=O)O. The molecule has 6 heteroatoms. The van der Waals surface area contributed by atoms with E-state index in [1.807, 2.05) is 72.8 Å². The summed E-state index contributed by atoms with van der Waals surface area (Å²) in [5.41, 5.74) is 7.55. The number of rotatable bonds is 12. The second-order valence-corrected chi connectivity index (χ2v) is 9.58. The zero-order chi connectivity index (χ0) is 23.7. The maximum Gasteiger partial charge on any atom is 0.305 e. The molecule has 0 saturated heterocycles. The van der Waals surface area contributed by atoms with Gasteiger partial charge in [-0.1, -0.05) is 71.9 Å². The van der Waals surface area contributed by atoms with E-state index in [1.54, 1.807) is 17.8 Å². The van der Waals surface area contributed by atoms with E-state index < -0.39 is 11.5 Å². The van der Waals surface area contributed by atoms with Gasteiger partial charge in [0, 0.05) is 20.4 Å². The van der Waals surface area contributed by atoms with E-state index in [4.69, 9.17) is 27.2 Å². The molecular weight excluding hydrogens is 454 g/mol. The van der Waals surface area contributed by atoms with Crippen LogP contribution < -0.4 is 10.5 Å².